The number of amides is 1. The van der Waals surface area contributed by atoms with Crippen LogP contribution in [0.2, 0.25) is 0 Å². The van der Waals surface area contributed by atoms with Gasteiger partial charge in [0, 0.05) is 41.2 Å². The summed E-state index contributed by atoms with van der Waals surface area (Å²) in [6.45, 7) is 8.49. The molecule has 7 rings (SSSR count). The van der Waals surface area contributed by atoms with Crippen molar-refractivity contribution in [1.82, 2.24) is 20.1 Å². The molecule has 3 fully saturated rings. The monoisotopic (exact) mass is 596 g/mol. The Kier molecular flexibility index (Phi) is 9.03. The van der Waals surface area contributed by atoms with Crippen molar-refractivity contribution in [2.24, 2.45) is 5.92 Å². The van der Waals surface area contributed by atoms with Crippen molar-refractivity contribution < 1.29 is 14.3 Å². The molecule has 4 heterocycles. The molecule has 0 radical (unpaired) electrons. The van der Waals surface area contributed by atoms with Crippen LogP contribution in [-0.2, 0) is 6.54 Å². The molecule has 234 valence electrons. The summed E-state index contributed by atoms with van der Waals surface area (Å²) in [6.07, 6.45) is 12.6. The molecule has 3 aliphatic heterocycles. The van der Waals surface area contributed by atoms with Gasteiger partial charge in [0.25, 0.3) is 5.91 Å². The lowest BCUT2D eigenvalue weighted by molar-refractivity contribution is 0.0878. The Morgan fingerprint density at radius 2 is 1.57 bits per heavy atom. The minimum absolute atomic E-state index is 0.00235. The number of nitrogens with zero attached hydrogens (tertiary/aromatic N) is 3. The van der Waals surface area contributed by atoms with Gasteiger partial charge >= 0.3 is 0 Å². The minimum Gasteiger partial charge on any atom is -0.486 e. The Bertz CT molecular complexity index is 1440. The van der Waals surface area contributed by atoms with Crippen LogP contribution in [0.15, 0.2) is 42.5 Å². The first-order chi connectivity index (χ1) is 21.6. The number of ether oxygens (including phenoxy) is 2. The number of carbonyl (C=O) groups is 1. The predicted molar refractivity (Wildman–Crippen MR) is 175 cm³/mol. The molecule has 0 bridgehead atoms. The molecule has 1 atom stereocenters. The molecule has 2 saturated heterocycles. The SMILES string of the molecule is C[C@@H](NC(=O)c1c(CN2CCC(N3CCCCC3)CC2)c(-c2ccccc2)nc2cc3c(cc12)OCCO3)C1CCCCC1. The Hall–Kier alpha value is -3.16. The molecule has 44 heavy (non-hydrogen) atoms. The van der Waals surface area contributed by atoms with Crippen molar-refractivity contribution in [3.63, 3.8) is 0 Å². The van der Waals surface area contributed by atoms with Gasteiger partial charge in [-0.1, -0.05) is 56.0 Å². The van der Waals surface area contributed by atoms with Crippen LogP contribution in [0.25, 0.3) is 22.2 Å². The van der Waals surface area contributed by atoms with Gasteiger partial charge in [0.1, 0.15) is 13.2 Å². The molecule has 7 heteroatoms. The van der Waals surface area contributed by atoms with E-state index >= 15 is 0 Å². The maximum atomic E-state index is 14.5. The van der Waals surface area contributed by atoms with Crippen LogP contribution < -0.4 is 14.8 Å². The molecule has 1 aliphatic carbocycles. The number of piperidine rings is 2. The maximum absolute atomic E-state index is 14.5. The number of carbonyl (C=O) groups excluding carboxylic acids is 1. The molecule has 1 amide bonds. The average molecular weight is 597 g/mol. The molecule has 3 aromatic rings. The third-order valence-corrected chi connectivity index (χ3v) is 10.6. The number of benzene rings is 2. The lowest BCUT2D eigenvalue weighted by Gasteiger charge is -2.40. The highest BCUT2D eigenvalue weighted by Crippen LogP contribution is 2.39. The van der Waals surface area contributed by atoms with E-state index in [2.05, 4.69) is 46.3 Å². The molecule has 1 saturated carbocycles. The summed E-state index contributed by atoms with van der Waals surface area (Å²) < 4.78 is 12.0. The van der Waals surface area contributed by atoms with Crippen molar-refractivity contribution in [2.45, 2.75) is 89.8 Å². The highest BCUT2D eigenvalue weighted by Gasteiger charge is 2.31. The molecule has 0 unspecified atom stereocenters. The topological polar surface area (TPSA) is 66.9 Å². The van der Waals surface area contributed by atoms with Crippen LogP contribution in [0, 0.1) is 5.92 Å². The van der Waals surface area contributed by atoms with Gasteiger partial charge in [-0.3, -0.25) is 9.69 Å². The minimum atomic E-state index is 0.00235. The Balaban J connectivity index is 1.27. The maximum Gasteiger partial charge on any atom is 0.252 e. The van der Waals surface area contributed by atoms with E-state index < -0.39 is 0 Å². The Morgan fingerprint density at radius 1 is 0.886 bits per heavy atom. The largest absolute Gasteiger partial charge is 0.486 e. The van der Waals surface area contributed by atoms with Gasteiger partial charge in [-0.05, 0) is 83.6 Å². The number of nitrogens with one attached hydrogen (secondary N) is 1. The summed E-state index contributed by atoms with van der Waals surface area (Å²) in [7, 11) is 0. The lowest BCUT2D eigenvalue weighted by Crippen LogP contribution is -2.46. The van der Waals surface area contributed by atoms with Crippen molar-refractivity contribution in [2.75, 3.05) is 39.4 Å². The molecule has 7 nitrogen and oxygen atoms in total. The fourth-order valence-corrected chi connectivity index (χ4v) is 8.07. The van der Waals surface area contributed by atoms with Crippen molar-refractivity contribution in [3.05, 3.63) is 53.6 Å². The number of hydrogen-bond donors (Lipinski definition) is 1. The number of likely N-dealkylation sites (tertiary alicyclic amines) is 2. The van der Waals surface area contributed by atoms with Crippen LogP contribution >= 0.6 is 0 Å². The highest BCUT2D eigenvalue weighted by atomic mass is 16.6. The third kappa shape index (κ3) is 6.32. The number of fused-ring (bicyclic) bond motifs is 2. The molecule has 0 spiro atoms. The number of rotatable bonds is 7. The molecular formula is C37H48N4O3. The quantitative estimate of drug-likeness (QED) is 0.323. The van der Waals surface area contributed by atoms with E-state index in [1.54, 1.807) is 0 Å². The Morgan fingerprint density at radius 3 is 2.30 bits per heavy atom. The van der Waals surface area contributed by atoms with E-state index in [9.17, 15) is 4.79 Å². The zero-order valence-corrected chi connectivity index (χ0v) is 26.4. The van der Waals surface area contributed by atoms with E-state index in [1.807, 2.05) is 18.2 Å². The summed E-state index contributed by atoms with van der Waals surface area (Å²) in [5, 5.41) is 4.33. The summed E-state index contributed by atoms with van der Waals surface area (Å²) in [5.41, 5.74) is 4.47. The smallest absolute Gasteiger partial charge is 0.252 e. The molecule has 1 N–H and O–H groups in total. The number of pyridine rings is 1. The van der Waals surface area contributed by atoms with Gasteiger partial charge in [0.2, 0.25) is 0 Å². The normalized spacial score (nSPS) is 21.3. The predicted octanol–water partition coefficient (Wildman–Crippen LogP) is 6.82. The fraction of sp³-hybridized carbons (Fsp3) is 0.568. The van der Waals surface area contributed by atoms with E-state index in [1.165, 1.54) is 77.3 Å². The van der Waals surface area contributed by atoms with Gasteiger partial charge in [-0.2, -0.15) is 0 Å². The first-order valence-electron chi connectivity index (χ1n) is 17.2. The van der Waals surface area contributed by atoms with Crippen LogP contribution in [0.5, 0.6) is 11.5 Å². The first-order valence-corrected chi connectivity index (χ1v) is 17.2. The second-order valence-corrected chi connectivity index (χ2v) is 13.5. The number of aromatic nitrogens is 1. The fourth-order valence-electron chi connectivity index (χ4n) is 8.07. The van der Waals surface area contributed by atoms with E-state index in [0.717, 1.165) is 46.4 Å². The van der Waals surface area contributed by atoms with Gasteiger partial charge < -0.3 is 19.7 Å². The molecular weight excluding hydrogens is 548 g/mol. The van der Waals surface area contributed by atoms with Crippen molar-refractivity contribution >= 4 is 16.8 Å². The van der Waals surface area contributed by atoms with Gasteiger partial charge in [-0.25, -0.2) is 4.98 Å². The lowest BCUT2D eigenvalue weighted by atomic mass is 9.84. The summed E-state index contributed by atoms with van der Waals surface area (Å²) in [6, 6.07) is 15.2. The number of hydrogen-bond acceptors (Lipinski definition) is 6. The van der Waals surface area contributed by atoms with E-state index in [-0.39, 0.29) is 11.9 Å². The van der Waals surface area contributed by atoms with Gasteiger partial charge in [-0.15, -0.1) is 0 Å². The van der Waals surface area contributed by atoms with E-state index in [0.29, 0.717) is 43.2 Å². The van der Waals surface area contributed by atoms with Crippen LogP contribution in [0.3, 0.4) is 0 Å². The molecule has 4 aliphatic rings. The van der Waals surface area contributed by atoms with Gasteiger partial charge in [0.05, 0.1) is 16.8 Å². The zero-order chi connectivity index (χ0) is 29.9. The van der Waals surface area contributed by atoms with Gasteiger partial charge in [0.15, 0.2) is 11.5 Å². The average Bonchev–Trinajstić information content (AvgIpc) is 3.08. The summed E-state index contributed by atoms with van der Waals surface area (Å²) in [4.78, 5) is 25.1. The zero-order valence-electron chi connectivity index (χ0n) is 26.4. The summed E-state index contributed by atoms with van der Waals surface area (Å²) in [5.74, 6) is 1.92. The van der Waals surface area contributed by atoms with Crippen LogP contribution in [0.4, 0.5) is 0 Å². The van der Waals surface area contributed by atoms with Crippen LogP contribution in [0.1, 0.15) is 87.1 Å². The molecule has 2 aromatic carbocycles. The van der Waals surface area contributed by atoms with Crippen LogP contribution in [-0.4, -0.2) is 72.2 Å². The third-order valence-electron chi connectivity index (χ3n) is 10.6. The van der Waals surface area contributed by atoms with Crippen molar-refractivity contribution in [3.8, 4) is 22.8 Å². The van der Waals surface area contributed by atoms with E-state index in [4.69, 9.17) is 14.5 Å². The Labute approximate surface area is 262 Å². The van der Waals surface area contributed by atoms with Crippen molar-refractivity contribution in [1.29, 1.82) is 0 Å². The second-order valence-electron chi connectivity index (χ2n) is 13.5. The summed E-state index contributed by atoms with van der Waals surface area (Å²) >= 11 is 0. The molecule has 1 aromatic heterocycles. The highest BCUT2D eigenvalue weighted by molar-refractivity contribution is 6.09. The first kappa shape index (κ1) is 29.5. The standard InChI is InChI=1S/C37H48N4O3/c1-26(27-11-5-2-6-12-27)38-37(42)35-30-23-33-34(44-22-21-43-33)24-32(30)39-36(28-13-7-3-8-14-28)31(35)25-40-19-15-29(16-20-40)41-17-9-4-10-18-41/h3,7-8,13-14,23-24,26-27,29H,2,4-6,9-12,15-22,25H2,1H3,(H,38,42)/t26-/m1/s1. The second kappa shape index (κ2) is 13.5.